The summed E-state index contributed by atoms with van der Waals surface area (Å²) < 4.78 is 0. The Balaban J connectivity index is 2.57. The van der Waals surface area contributed by atoms with Crippen molar-refractivity contribution < 1.29 is 0 Å². The molecule has 0 aliphatic heterocycles. The van der Waals surface area contributed by atoms with Gasteiger partial charge in [0.25, 0.3) is 0 Å². The van der Waals surface area contributed by atoms with Crippen molar-refractivity contribution in [2.24, 2.45) is 5.84 Å². The smallest absolute Gasteiger partial charge is 0.0729 e. The molecule has 0 saturated carbocycles. The van der Waals surface area contributed by atoms with Gasteiger partial charge >= 0.3 is 0 Å². The number of nitrogen functional groups attached to an aromatic ring is 1. The van der Waals surface area contributed by atoms with Gasteiger partial charge in [0, 0.05) is 17.0 Å². The molecule has 16 heavy (non-hydrogen) atoms. The van der Waals surface area contributed by atoms with Crippen molar-refractivity contribution in [1.82, 2.24) is 4.98 Å². The van der Waals surface area contributed by atoms with Gasteiger partial charge in [0.05, 0.1) is 11.2 Å². The largest absolute Gasteiger partial charge is 0.323 e. The Hall–Kier alpha value is -2.13. The van der Waals surface area contributed by atoms with Crippen LogP contribution < -0.4 is 11.3 Å². The van der Waals surface area contributed by atoms with E-state index < -0.39 is 0 Å². The minimum atomic E-state index is 0.904. The molecule has 0 spiro atoms. The molecule has 3 aromatic rings. The third-order valence-corrected chi connectivity index (χ3v) is 2.77. The van der Waals surface area contributed by atoms with Crippen LogP contribution in [0.4, 0.5) is 5.69 Å². The molecule has 0 amide bonds. The fraction of sp³-hybridized carbons (Fsp3) is 0. The number of hydrazine groups is 1. The maximum Gasteiger partial charge on any atom is 0.0729 e. The molecule has 2 aromatic carbocycles. The number of hydrogen-bond acceptors (Lipinski definition) is 3. The van der Waals surface area contributed by atoms with Crippen molar-refractivity contribution in [3.8, 4) is 0 Å². The second kappa shape index (κ2) is 3.47. The van der Waals surface area contributed by atoms with E-state index in [9.17, 15) is 0 Å². The summed E-state index contributed by atoms with van der Waals surface area (Å²) in [6, 6.07) is 14.1. The number of anilines is 1. The van der Waals surface area contributed by atoms with Crippen LogP contribution in [0.3, 0.4) is 0 Å². The van der Waals surface area contributed by atoms with Crippen molar-refractivity contribution in [2.45, 2.75) is 0 Å². The maximum absolute atomic E-state index is 5.53. The Labute approximate surface area is 92.9 Å². The minimum absolute atomic E-state index is 0.904. The fourth-order valence-electron chi connectivity index (χ4n) is 2.03. The SMILES string of the molecule is NNc1cccc2ncc3ccccc3c12. The summed E-state index contributed by atoms with van der Waals surface area (Å²) in [5.41, 5.74) is 4.58. The Morgan fingerprint density at radius 2 is 1.88 bits per heavy atom. The number of hydrogen-bond donors (Lipinski definition) is 2. The van der Waals surface area contributed by atoms with Crippen molar-refractivity contribution in [2.75, 3.05) is 5.43 Å². The Morgan fingerprint density at radius 3 is 2.75 bits per heavy atom. The number of nitrogens with zero attached hydrogens (tertiary/aromatic N) is 1. The molecule has 0 saturated heterocycles. The molecule has 1 heterocycles. The van der Waals surface area contributed by atoms with E-state index in [1.165, 1.54) is 5.39 Å². The second-order valence-electron chi connectivity index (χ2n) is 3.69. The molecule has 0 aliphatic rings. The molecule has 1 aromatic heterocycles. The van der Waals surface area contributed by atoms with Gasteiger partial charge in [-0.15, -0.1) is 0 Å². The summed E-state index contributed by atoms with van der Waals surface area (Å²) in [4.78, 5) is 4.42. The van der Waals surface area contributed by atoms with Crippen molar-refractivity contribution in [1.29, 1.82) is 0 Å². The minimum Gasteiger partial charge on any atom is -0.323 e. The van der Waals surface area contributed by atoms with Crippen molar-refractivity contribution in [3.63, 3.8) is 0 Å². The molecule has 0 bridgehead atoms. The average Bonchev–Trinajstić information content (AvgIpc) is 2.37. The highest BCUT2D eigenvalue weighted by Gasteiger charge is 2.04. The second-order valence-corrected chi connectivity index (χ2v) is 3.69. The number of aromatic nitrogens is 1. The molecule has 0 unspecified atom stereocenters. The van der Waals surface area contributed by atoms with Gasteiger partial charge in [-0.2, -0.15) is 0 Å². The lowest BCUT2D eigenvalue weighted by Gasteiger charge is -2.07. The van der Waals surface area contributed by atoms with Crippen LogP contribution in [0.1, 0.15) is 0 Å². The Bertz CT molecular complexity index is 661. The third-order valence-electron chi connectivity index (χ3n) is 2.77. The first-order valence-electron chi connectivity index (χ1n) is 5.13. The maximum atomic E-state index is 5.53. The summed E-state index contributed by atoms with van der Waals surface area (Å²) in [6.07, 6.45) is 1.89. The van der Waals surface area contributed by atoms with Gasteiger partial charge in [-0.3, -0.25) is 10.8 Å². The summed E-state index contributed by atoms with van der Waals surface area (Å²) in [7, 11) is 0. The average molecular weight is 209 g/mol. The number of nitrogens with one attached hydrogen (secondary N) is 1. The molecular formula is C13H11N3. The number of rotatable bonds is 1. The zero-order valence-electron chi connectivity index (χ0n) is 8.64. The van der Waals surface area contributed by atoms with Crippen LogP contribution in [0.5, 0.6) is 0 Å². The highest BCUT2D eigenvalue weighted by Crippen LogP contribution is 2.28. The van der Waals surface area contributed by atoms with Crippen molar-refractivity contribution in [3.05, 3.63) is 48.7 Å². The van der Waals surface area contributed by atoms with E-state index in [1.807, 2.05) is 36.5 Å². The summed E-state index contributed by atoms with van der Waals surface area (Å²) >= 11 is 0. The molecule has 0 atom stereocenters. The monoisotopic (exact) mass is 209 g/mol. The molecule has 3 N–H and O–H groups in total. The number of benzene rings is 2. The van der Waals surface area contributed by atoms with E-state index in [1.54, 1.807) is 0 Å². The molecular weight excluding hydrogens is 198 g/mol. The first-order chi connectivity index (χ1) is 7.90. The zero-order chi connectivity index (χ0) is 11.0. The van der Waals surface area contributed by atoms with Gasteiger partial charge in [0.1, 0.15) is 0 Å². The molecule has 0 fully saturated rings. The molecule has 0 aliphatic carbocycles. The van der Waals surface area contributed by atoms with E-state index in [4.69, 9.17) is 5.84 Å². The third kappa shape index (κ3) is 1.22. The molecule has 3 heteroatoms. The van der Waals surface area contributed by atoms with Crippen LogP contribution in [0, 0.1) is 0 Å². The highest BCUT2D eigenvalue weighted by atomic mass is 15.2. The van der Waals surface area contributed by atoms with Gasteiger partial charge in [-0.25, -0.2) is 0 Å². The predicted molar refractivity (Wildman–Crippen MR) is 67.1 cm³/mol. The van der Waals surface area contributed by atoms with E-state index in [2.05, 4.69) is 22.5 Å². The van der Waals surface area contributed by atoms with Crippen molar-refractivity contribution >= 4 is 27.4 Å². The number of nitrogens with two attached hydrogens (primary N) is 1. The molecule has 3 nitrogen and oxygen atoms in total. The fourth-order valence-corrected chi connectivity index (χ4v) is 2.03. The van der Waals surface area contributed by atoms with Gasteiger partial charge in [-0.1, -0.05) is 30.3 Å². The predicted octanol–water partition coefficient (Wildman–Crippen LogP) is 2.67. The topological polar surface area (TPSA) is 50.9 Å². The quantitative estimate of drug-likeness (QED) is 0.368. The molecule has 3 rings (SSSR count). The summed E-state index contributed by atoms with van der Waals surface area (Å²) in [5, 5.41) is 3.36. The lowest BCUT2D eigenvalue weighted by atomic mass is 10.1. The van der Waals surface area contributed by atoms with E-state index in [0.29, 0.717) is 0 Å². The van der Waals surface area contributed by atoms with Crippen LogP contribution >= 0.6 is 0 Å². The van der Waals surface area contributed by atoms with Gasteiger partial charge in [0.15, 0.2) is 0 Å². The molecule has 0 radical (unpaired) electrons. The normalized spacial score (nSPS) is 10.8. The standard InChI is InChI=1S/C13H11N3/c14-16-12-7-3-6-11-13(12)10-5-2-1-4-9(10)8-15-11/h1-8,16H,14H2. The van der Waals surface area contributed by atoms with Crippen LogP contribution in [0.15, 0.2) is 48.7 Å². The lowest BCUT2D eigenvalue weighted by Crippen LogP contribution is -2.07. The first-order valence-corrected chi connectivity index (χ1v) is 5.13. The molecule has 78 valence electrons. The summed E-state index contributed by atoms with van der Waals surface area (Å²) in [5.74, 6) is 5.53. The van der Waals surface area contributed by atoms with E-state index in [0.717, 1.165) is 22.0 Å². The number of fused-ring (bicyclic) bond motifs is 3. The Morgan fingerprint density at radius 1 is 1.00 bits per heavy atom. The van der Waals surface area contributed by atoms with Gasteiger partial charge in [-0.05, 0) is 17.5 Å². The van der Waals surface area contributed by atoms with E-state index in [-0.39, 0.29) is 0 Å². The van der Waals surface area contributed by atoms with Crippen LogP contribution in [0.2, 0.25) is 0 Å². The van der Waals surface area contributed by atoms with Crippen LogP contribution in [-0.4, -0.2) is 4.98 Å². The Kier molecular flexibility index (Phi) is 1.98. The van der Waals surface area contributed by atoms with Gasteiger partial charge in [0.2, 0.25) is 0 Å². The van der Waals surface area contributed by atoms with Gasteiger partial charge < -0.3 is 5.43 Å². The highest BCUT2D eigenvalue weighted by molar-refractivity contribution is 6.11. The first kappa shape index (κ1) is 9.12. The summed E-state index contributed by atoms with van der Waals surface area (Å²) in [6.45, 7) is 0. The lowest BCUT2D eigenvalue weighted by molar-refractivity contribution is 1.36. The number of pyridine rings is 1. The van der Waals surface area contributed by atoms with E-state index >= 15 is 0 Å². The zero-order valence-corrected chi connectivity index (χ0v) is 8.64. The van der Waals surface area contributed by atoms with Crippen LogP contribution in [-0.2, 0) is 0 Å². The van der Waals surface area contributed by atoms with Crippen LogP contribution in [0.25, 0.3) is 21.7 Å².